The minimum atomic E-state index is -0.926. The van der Waals surface area contributed by atoms with E-state index in [-0.39, 0.29) is 18.0 Å². The molecule has 1 rings (SSSR count). The molecule has 0 bridgehead atoms. The summed E-state index contributed by atoms with van der Waals surface area (Å²) in [5.74, 6) is -0.736. The molecular formula is C12H16N2O5. The molecule has 1 aromatic carbocycles. The molecule has 0 unspecified atom stereocenters. The number of nitro groups is 1. The van der Waals surface area contributed by atoms with Crippen molar-refractivity contribution in [2.24, 2.45) is 0 Å². The highest BCUT2D eigenvalue weighted by Crippen LogP contribution is 2.27. The molecule has 0 aliphatic heterocycles. The van der Waals surface area contributed by atoms with E-state index in [4.69, 9.17) is 9.84 Å². The number of hydrogen-bond donors (Lipinski definition) is 1. The Hall–Kier alpha value is -2.15. The van der Waals surface area contributed by atoms with Crippen LogP contribution in [-0.2, 0) is 11.3 Å². The Balaban J connectivity index is 2.92. The summed E-state index contributed by atoms with van der Waals surface area (Å²) < 4.78 is 4.91. The molecule has 0 atom stereocenters. The fourth-order valence-corrected chi connectivity index (χ4v) is 1.71. The van der Waals surface area contributed by atoms with Crippen LogP contribution in [0.25, 0.3) is 0 Å². The van der Waals surface area contributed by atoms with E-state index < -0.39 is 10.9 Å². The predicted molar refractivity (Wildman–Crippen MR) is 68.2 cm³/mol. The van der Waals surface area contributed by atoms with Gasteiger partial charge in [-0.3, -0.25) is 19.8 Å². The number of methoxy groups -OCH3 is 1. The van der Waals surface area contributed by atoms with Crippen molar-refractivity contribution in [2.75, 3.05) is 20.2 Å². The molecule has 0 aliphatic rings. The van der Waals surface area contributed by atoms with E-state index >= 15 is 0 Å². The lowest BCUT2D eigenvalue weighted by Crippen LogP contribution is -2.29. The van der Waals surface area contributed by atoms with Gasteiger partial charge in [0.25, 0.3) is 0 Å². The summed E-state index contributed by atoms with van der Waals surface area (Å²) in [4.78, 5) is 22.7. The highest BCUT2D eigenvalue weighted by atomic mass is 16.6. The topological polar surface area (TPSA) is 92.9 Å². The number of aliphatic carboxylic acids is 1. The highest BCUT2D eigenvalue weighted by molar-refractivity contribution is 5.69. The molecule has 0 saturated heterocycles. The summed E-state index contributed by atoms with van der Waals surface area (Å²) in [6, 6.07) is 4.61. The third kappa shape index (κ3) is 4.22. The van der Waals surface area contributed by atoms with E-state index in [1.807, 2.05) is 6.92 Å². The highest BCUT2D eigenvalue weighted by Gasteiger charge is 2.16. The first-order valence-corrected chi connectivity index (χ1v) is 5.73. The number of benzene rings is 1. The van der Waals surface area contributed by atoms with Crippen molar-refractivity contribution in [1.29, 1.82) is 0 Å². The van der Waals surface area contributed by atoms with Gasteiger partial charge in [0.05, 0.1) is 18.6 Å². The summed E-state index contributed by atoms with van der Waals surface area (Å²) in [5, 5.41) is 19.6. The van der Waals surface area contributed by atoms with E-state index in [1.165, 1.54) is 19.2 Å². The maximum atomic E-state index is 10.9. The second-order valence-electron chi connectivity index (χ2n) is 3.96. The molecule has 0 radical (unpaired) electrons. The number of rotatable bonds is 7. The van der Waals surface area contributed by atoms with E-state index in [9.17, 15) is 14.9 Å². The van der Waals surface area contributed by atoms with Crippen LogP contribution >= 0.6 is 0 Å². The minimum Gasteiger partial charge on any atom is -0.490 e. The molecular weight excluding hydrogens is 252 g/mol. The fourth-order valence-electron chi connectivity index (χ4n) is 1.71. The SMILES string of the molecule is CCN(CC(=O)O)Cc1ccc(OC)c([N+](=O)[O-])c1. The molecule has 19 heavy (non-hydrogen) atoms. The van der Waals surface area contributed by atoms with Crippen molar-refractivity contribution >= 4 is 11.7 Å². The number of carboxylic acid groups (broad SMARTS) is 1. The van der Waals surface area contributed by atoms with Gasteiger partial charge in [0.1, 0.15) is 0 Å². The summed E-state index contributed by atoms with van der Waals surface area (Å²) in [5.41, 5.74) is 0.557. The Labute approximate surface area is 110 Å². The molecule has 7 nitrogen and oxygen atoms in total. The summed E-state index contributed by atoms with van der Waals surface area (Å²) in [7, 11) is 1.37. The molecule has 0 saturated carbocycles. The number of carboxylic acids is 1. The molecule has 0 amide bonds. The van der Waals surface area contributed by atoms with Gasteiger partial charge in [-0.05, 0) is 18.2 Å². The van der Waals surface area contributed by atoms with Crippen molar-refractivity contribution < 1.29 is 19.6 Å². The summed E-state index contributed by atoms with van der Waals surface area (Å²) in [6.45, 7) is 2.62. The molecule has 0 aliphatic carbocycles. The molecule has 104 valence electrons. The van der Waals surface area contributed by atoms with E-state index in [2.05, 4.69) is 0 Å². The van der Waals surface area contributed by atoms with Gasteiger partial charge in [0.2, 0.25) is 0 Å². The second-order valence-corrected chi connectivity index (χ2v) is 3.96. The first kappa shape index (κ1) is 14.9. The molecule has 0 heterocycles. The Bertz CT molecular complexity index is 475. The van der Waals surface area contributed by atoms with E-state index in [0.29, 0.717) is 18.7 Å². The lowest BCUT2D eigenvalue weighted by Gasteiger charge is -2.18. The molecule has 0 spiro atoms. The largest absolute Gasteiger partial charge is 0.490 e. The third-order valence-electron chi connectivity index (χ3n) is 2.65. The Morgan fingerprint density at radius 1 is 1.53 bits per heavy atom. The molecule has 1 N–H and O–H groups in total. The zero-order chi connectivity index (χ0) is 14.4. The second kappa shape index (κ2) is 6.69. The van der Waals surface area contributed by atoms with Crippen molar-refractivity contribution in [3.05, 3.63) is 33.9 Å². The van der Waals surface area contributed by atoms with Gasteiger partial charge < -0.3 is 9.84 Å². The Morgan fingerprint density at radius 3 is 2.68 bits per heavy atom. The van der Waals surface area contributed by atoms with Crippen LogP contribution in [0.5, 0.6) is 5.75 Å². The normalized spacial score (nSPS) is 10.5. The lowest BCUT2D eigenvalue weighted by atomic mass is 10.1. The first-order valence-electron chi connectivity index (χ1n) is 5.73. The average molecular weight is 268 g/mol. The van der Waals surface area contributed by atoms with Crippen LogP contribution in [0.4, 0.5) is 5.69 Å². The van der Waals surface area contributed by atoms with E-state index in [1.54, 1.807) is 11.0 Å². The van der Waals surface area contributed by atoms with E-state index in [0.717, 1.165) is 0 Å². The maximum absolute atomic E-state index is 10.9. The quantitative estimate of drug-likeness (QED) is 0.595. The predicted octanol–water partition coefficient (Wildman–Crippen LogP) is 1.51. The van der Waals surface area contributed by atoms with Crippen molar-refractivity contribution in [1.82, 2.24) is 4.90 Å². The van der Waals surface area contributed by atoms with Gasteiger partial charge in [-0.15, -0.1) is 0 Å². The minimum absolute atomic E-state index is 0.101. The lowest BCUT2D eigenvalue weighted by molar-refractivity contribution is -0.385. The zero-order valence-electron chi connectivity index (χ0n) is 10.8. The number of nitro benzene ring substituents is 1. The van der Waals surface area contributed by atoms with Crippen molar-refractivity contribution in [3.63, 3.8) is 0 Å². The van der Waals surface area contributed by atoms with Gasteiger partial charge >= 0.3 is 11.7 Å². The first-order chi connectivity index (χ1) is 8.97. The van der Waals surface area contributed by atoms with Crippen LogP contribution < -0.4 is 4.74 Å². The zero-order valence-corrected chi connectivity index (χ0v) is 10.8. The molecule has 0 aromatic heterocycles. The molecule has 7 heteroatoms. The fraction of sp³-hybridized carbons (Fsp3) is 0.417. The summed E-state index contributed by atoms with van der Waals surface area (Å²) >= 11 is 0. The van der Waals surface area contributed by atoms with Crippen molar-refractivity contribution in [3.8, 4) is 5.75 Å². The Morgan fingerprint density at radius 2 is 2.21 bits per heavy atom. The number of hydrogen-bond acceptors (Lipinski definition) is 5. The monoisotopic (exact) mass is 268 g/mol. The summed E-state index contributed by atoms with van der Waals surface area (Å²) in [6.07, 6.45) is 0. The van der Waals surface area contributed by atoms with Crippen LogP contribution in [0, 0.1) is 10.1 Å². The van der Waals surface area contributed by atoms with Gasteiger partial charge in [0.15, 0.2) is 5.75 Å². The van der Waals surface area contributed by atoms with Gasteiger partial charge in [-0.2, -0.15) is 0 Å². The van der Waals surface area contributed by atoms with Crippen LogP contribution in [-0.4, -0.2) is 41.1 Å². The number of ether oxygens (including phenoxy) is 1. The third-order valence-corrected chi connectivity index (χ3v) is 2.65. The van der Waals surface area contributed by atoms with Gasteiger partial charge in [-0.1, -0.05) is 13.0 Å². The smallest absolute Gasteiger partial charge is 0.317 e. The molecule has 1 aromatic rings. The van der Waals surface area contributed by atoms with Crippen LogP contribution in [0.15, 0.2) is 18.2 Å². The number of carbonyl (C=O) groups is 1. The number of nitrogens with zero attached hydrogens (tertiary/aromatic N) is 2. The average Bonchev–Trinajstić information content (AvgIpc) is 2.37. The van der Waals surface area contributed by atoms with Gasteiger partial charge in [-0.25, -0.2) is 0 Å². The van der Waals surface area contributed by atoms with Crippen LogP contribution in [0.1, 0.15) is 12.5 Å². The van der Waals surface area contributed by atoms with Crippen LogP contribution in [0.2, 0.25) is 0 Å². The Kier molecular flexibility index (Phi) is 5.25. The van der Waals surface area contributed by atoms with Gasteiger partial charge in [0, 0.05) is 12.6 Å². The standard InChI is InChI=1S/C12H16N2O5/c1-3-13(8-12(15)16)7-9-4-5-11(19-2)10(6-9)14(17)18/h4-6H,3,7-8H2,1-2H3,(H,15,16). The number of likely N-dealkylation sites (N-methyl/N-ethyl adjacent to an activating group) is 1. The maximum Gasteiger partial charge on any atom is 0.317 e. The molecule has 0 fully saturated rings. The van der Waals surface area contributed by atoms with Crippen molar-refractivity contribution in [2.45, 2.75) is 13.5 Å². The van der Waals surface area contributed by atoms with Crippen LogP contribution in [0.3, 0.4) is 0 Å².